The lowest BCUT2D eigenvalue weighted by Gasteiger charge is -2.16. The summed E-state index contributed by atoms with van der Waals surface area (Å²) >= 11 is 0. The van der Waals surface area contributed by atoms with Crippen LogP contribution >= 0.6 is 0 Å². The quantitative estimate of drug-likeness (QED) is 0.868. The van der Waals surface area contributed by atoms with E-state index in [1.165, 1.54) is 0 Å². The highest BCUT2D eigenvalue weighted by Crippen LogP contribution is 2.21. The van der Waals surface area contributed by atoms with Gasteiger partial charge in [-0.1, -0.05) is 25.1 Å². The van der Waals surface area contributed by atoms with Crippen molar-refractivity contribution in [2.45, 2.75) is 32.9 Å². The van der Waals surface area contributed by atoms with Crippen molar-refractivity contribution in [3.8, 4) is 0 Å². The van der Waals surface area contributed by atoms with E-state index in [2.05, 4.69) is 24.2 Å². The molecule has 1 heterocycles. The third kappa shape index (κ3) is 2.96. The maximum atomic E-state index is 10.2. The lowest BCUT2D eigenvalue weighted by molar-refractivity contribution is 0.0570. The largest absolute Gasteiger partial charge is 0.392 e. The second-order valence-corrected chi connectivity index (χ2v) is 4.98. The molecular weight excluding hydrogens is 240 g/mol. The van der Waals surface area contributed by atoms with E-state index in [-0.39, 0.29) is 5.92 Å². The Labute approximate surface area is 114 Å². The first-order valence-electron chi connectivity index (χ1n) is 6.78. The maximum Gasteiger partial charge on any atom is 0.0729 e. The van der Waals surface area contributed by atoms with Gasteiger partial charge in [-0.3, -0.25) is 4.68 Å². The summed E-state index contributed by atoms with van der Waals surface area (Å²) in [6.07, 6.45) is 0.140. The molecule has 0 amide bonds. The molecule has 0 spiro atoms. The fraction of sp³-hybridized carbons (Fsp3) is 0.533. The van der Waals surface area contributed by atoms with E-state index >= 15 is 0 Å². The highest BCUT2D eigenvalue weighted by atomic mass is 16.5. The van der Waals surface area contributed by atoms with Crippen molar-refractivity contribution in [1.82, 2.24) is 9.78 Å². The number of benzene rings is 1. The third-order valence-corrected chi connectivity index (χ3v) is 3.52. The molecule has 0 saturated heterocycles. The molecule has 1 aromatic heterocycles. The van der Waals surface area contributed by atoms with Crippen LogP contribution in [-0.4, -0.2) is 34.7 Å². The van der Waals surface area contributed by atoms with Gasteiger partial charge in [-0.15, -0.1) is 0 Å². The topological polar surface area (TPSA) is 47.3 Å². The van der Waals surface area contributed by atoms with Gasteiger partial charge in [0.05, 0.1) is 23.9 Å². The molecule has 0 aliphatic carbocycles. The van der Waals surface area contributed by atoms with E-state index in [1.807, 2.05) is 23.7 Å². The van der Waals surface area contributed by atoms with Gasteiger partial charge in [-0.25, -0.2) is 0 Å². The fourth-order valence-electron chi connectivity index (χ4n) is 2.36. The Morgan fingerprint density at radius 3 is 2.79 bits per heavy atom. The summed E-state index contributed by atoms with van der Waals surface area (Å²) in [5, 5.41) is 16.0. The Hall–Kier alpha value is -1.39. The molecule has 0 bridgehead atoms. The SMILES string of the molecule is CCn1nc(CC(O)C(C)COC)c2ccccc21. The van der Waals surface area contributed by atoms with Crippen LogP contribution in [-0.2, 0) is 17.7 Å². The third-order valence-electron chi connectivity index (χ3n) is 3.52. The first kappa shape index (κ1) is 14.0. The molecule has 2 atom stereocenters. The molecule has 2 rings (SSSR count). The van der Waals surface area contributed by atoms with Gasteiger partial charge in [0.15, 0.2) is 0 Å². The van der Waals surface area contributed by atoms with Crippen LogP contribution < -0.4 is 0 Å². The normalized spacial score (nSPS) is 14.7. The highest BCUT2D eigenvalue weighted by Gasteiger charge is 2.18. The number of aliphatic hydroxyl groups is 1. The molecular formula is C15H22N2O2. The number of aromatic nitrogens is 2. The summed E-state index contributed by atoms with van der Waals surface area (Å²) in [7, 11) is 1.66. The van der Waals surface area contributed by atoms with Gasteiger partial charge in [0.25, 0.3) is 0 Å². The van der Waals surface area contributed by atoms with Crippen LogP contribution in [0.15, 0.2) is 24.3 Å². The average molecular weight is 262 g/mol. The summed E-state index contributed by atoms with van der Waals surface area (Å²) in [6.45, 7) is 5.47. The second kappa shape index (κ2) is 6.17. The minimum Gasteiger partial charge on any atom is -0.392 e. The van der Waals surface area contributed by atoms with Crippen molar-refractivity contribution < 1.29 is 9.84 Å². The number of aliphatic hydroxyl groups excluding tert-OH is 1. The maximum absolute atomic E-state index is 10.2. The van der Waals surface area contributed by atoms with Crippen LogP contribution in [0, 0.1) is 5.92 Å². The summed E-state index contributed by atoms with van der Waals surface area (Å²) in [4.78, 5) is 0. The molecule has 0 aliphatic rings. The summed E-state index contributed by atoms with van der Waals surface area (Å²) in [5.74, 6) is 0.107. The number of aryl methyl sites for hydroxylation is 1. The van der Waals surface area contributed by atoms with Crippen LogP contribution in [0.5, 0.6) is 0 Å². The molecule has 0 fully saturated rings. The predicted molar refractivity (Wildman–Crippen MR) is 76.2 cm³/mol. The molecule has 0 saturated carbocycles. The van der Waals surface area contributed by atoms with Crippen molar-refractivity contribution in [2.24, 2.45) is 5.92 Å². The van der Waals surface area contributed by atoms with E-state index < -0.39 is 6.10 Å². The first-order valence-corrected chi connectivity index (χ1v) is 6.78. The van der Waals surface area contributed by atoms with Crippen LogP contribution in [0.2, 0.25) is 0 Å². The zero-order chi connectivity index (χ0) is 13.8. The van der Waals surface area contributed by atoms with E-state index in [4.69, 9.17) is 4.74 Å². The number of methoxy groups -OCH3 is 1. The van der Waals surface area contributed by atoms with Crippen LogP contribution in [0.25, 0.3) is 10.9 Å². The lowest BCUT2D eigenvalue weighted by atomic mass is 10.00. The summed E-state index contributed by atoms with van der Waals surface area (Å²) in [6, 6.07) is 8.17. The molecule has 19 heavy (non-hydrogen) atoms. The molecule has 4 nitrogen and oxygen atoms in total. The van der Waals surface area contributed by atoms with E-state index in [1.54, 1.807) is 7.11 Å². The monoisotopic (exact) mass is 262 g/mol. The number of rotatable bonds is 6. The van der Waals surface area contributed by atoms with E-state index in [0.717, 1.165) is 23.1 Å². The number of para-hydroxylation sites is 1. The predicted octanol–water partition coefficient (Wildman–Crippen LogP) is 2.24. The van der Waals surface area contributed by atoms with Gasteiger partial charge in [-0.2, -0.15) is 5.10 Å². The van der Waals surface area contributed by atoms with Crippen molar-refractivity contribution in [3.63, 3.8) is 0 Å². The molecule has 1 aromatic carbocycles. The number of hydrogen-bond donors (Lipinski definition) is 1. The Morgan fingerprint density at radius 2 is 2.11 bits per heavy atom. The number of nitrogens with zero attached hydrogens (tertiary/aromatic N) is 2. The van der Waals surface area contributed by atoms with Crippen molar-refractivity contribution in [2.75, 3.05) is 13.7 Å². The Bertz CT molecular complexity index is 536. The van der Waals surface area contributed by atoms with Crippen molar-refractivity contribution in [3.05, 3.63) is 30.0 Å². The van der Waals surface area contributed by atoms with Gasteiger partial charge in [-0.05, 0) is 13.0 Å². The number of ether oxygens (including phenoxy) is 1. The second-order valence-electron chi connectivity index (χ2n) is 4.98. The molecule has 2 aromatic rings. The summed E-state index contributed by atoms with van der Waals surface area (Å²) in [5.41, 5.74) is 2.10. The van der Waals surface area contributed by atoms with Crippen LogP contribution in [0.1, 0.15) is 19.5 Å². The molecule has 1 N–H and O–H groups in total. The fourth-order valence-corrected chi connectivity index (χ4v) is 2.36. The van der Waals surface area contributed by atoms with Crippen molar-refractivity contribution in [1.29, 1.82) is 0 Å². The zero-order valence-corrected chi connectivity index (χ0v) is 11.8. The van der Waals surface area contributed by atoms with Gasteiger partial charge < -0.3 is 9.84 Å². The number of fused-ring (bicyclic) bond motifs is 1. The average Bonchev–Trinajstić information content (AvgIpc) is 2.77. The first-order chi connectivity index (χ1) is 9.17. The molecule has 0 radical (unpaired) electrons. The van der Waals surface area contributed by atoms with Gasteiger partial charge >= 0.3 is 0 Å². The van der Waals surface area contributed by atoms with E-state index in [9.17, 15) is 5.11 Å². The molecule has 2 unspecified atom stereocenters. The number of hydrogen-bond acceptors (Lipinski definition) is 3. The van der Waals surface area contributed by atoms with Crippen molar-refractivity contribution >= 4 is 10.9 Å². The van der Waals surface area contributed by atoms with Gasteiger partial charge in [0, 0.05) is 31.4 Å². The minimum atomic E-state index is -0.427. The van der Waals surface area contributed by atoms with Crippen LogP contribution in [0.4, 0.5) is 0 Å². The zero-order valence-electron chi connectivity index (χ0n) is 11.8. The Kier molecular flexibility index (Phi) is 4.56. The Morgan fingerprint density at radius 1 is 1.37 bits per heavy atom. The standard InChI is InChI=1S/C15H22N2O2/c1-4-17-14-8-6-5-7-12(14)13(16-17)9-15(18)11(2)10-19-3/h5-8,11,15,18H,4,9-10H2,1-3H3. The molecule has 0 aliphatic heterocycles. The highest BCUT2D eigenvalue weighted by molar-refractivity contribution is 5.82. The van der Waals surface area contributed by atoms with Crippen LogP contribution in [0.3, 0.4) is 0 Å². The lowest BCUT2D eigenvalue weighted by Crippen LogP contribution is -2.24. The van der Waals surface area contributed by atoms with E-state index in [0.29, 0.717) is 13.0 Å². The smallest absolute Gasteiger partial charge is 0.0729 e. The summed E-state index contributed by atoms with van der Waals surface area (Å²) < 4.78 is 7.08. The molecule has 104 valence electrons. The minimum absolute atomic E-state index is 0.107. The molecule has 4 heteroatoms. The Balaban J connectivity index is 2.25. The van der Waals surface area contributed by atoms with Gasteiger partial charge in [0.1, 0.15) is 0 Å². The van der Waals surface area contributed by atoms with Gasteiger partial charge in [0.2, 0.25) is 0 Å².